The first-order valence-corrected chi connectivity index (χ1v) is 5.63. The summed E-state index contributed by atoms with van der Waals surface area (Å²) in [5.41, 5.74) is 0. The average Bonchev–Trinajstić information content (AvgIpc) is 2.22. The predicted octanol–water partition coefficient (Wildman–Crippen LogP) is 4.57. The summed E-state index contributed by atoms with van der Waals surface area (Å²) in [6, 6.07) is 0. The fraction of sp³-hybridized carbons (Fsp3) is 0.429. The second kappa shape index (κ2) is 8.55. The van der Waals surface area contributed by atoms with Gasteiger partial charge in [-0.25, -0.2) is 0 Å². The minimum atomic E-state index is 1.04. The van der Waals surface area contributed by atoms with Crippen molar-refractivity contribution in [1.29, 1.82) is 0 Å². The largest absolute Gasteiger partial charge is 0.0845 e. The van der Waals surface area contributed by atoms with Gasteiger partial charge < -0.3 is 0 Å². The minimum Gasteiger partial charge on any atom is -0.0845 e. The quantitative estimate of drug-likeness (QED) is 0.522. The van der Waals surface area contributed by atoms with Crippen LogP contribution in [-0.2, 0) is 0 Å². The van der Waals surface area contributed by atoms with Crippen LogP contribution in [-0.4, -0.2) is 0 Å². The fourth-order valence-corrected chi connectivity index (χ4v) is 1.44. The van der Waals surface area contributed by atoms with E-state index >= 15 is 0 Å². The molecule has 1 aliphatic carbocycles. The van der Waals surface area contributed by atoms with Crippen LogP contribution in [0.2, 0.25) is 0 Å². The molecule has 0 amide bonds. The van der Waals surface area contributed by atoms with Gasteiger partial charge in [0, 0.05) is 0 Å². The third kappa shape index (κ3) is 6.47. The van der Waals surface area contributed by atoms with Gasteiger partial charge >= 0.3 is 0 Å². The molecule has 0 saturated carbocycles. The fourth-order valence-electron chi connectivity index (χ4n) is 1.44. The Bertz CT molecular complexity index is 204. The lowest BCUT2D eigenvalue weighted by Gasteiger charge is -1.94. The van der Waals surface area contributed by atoms with E-state index in [0.29, 0.717) is 0 Å². The first-order valence-electron chi connectivity index (χ1n) is 5.63. The maximum absolute atomic E-state index is 2.27. The third-order valence-electron chi connectivity index (χ3n) is 2.28. The van der Waals surface area contributed by atoms with E-state index in [1.54, 1.807) is 0 Å². The maximum Gasteiger partial charge on any atom is -0.0163 e. The number of rotatable bonds is 0. The summed E-state index contributed by atoms with van der Waals surface area (Å²) in [5.74, 6) is 0. The van der Waals surface area contributed by atoms with E-state index in [9.17, 15) is 0 Å². The Morgan fingerprint density at radius 1 is 0.500 bits per heavy atom. The molecule has 0 nitrogen and oxygen atoms in total. The van der Waals surface area contributed by atoms with E-state index in [0.717, 1.165) is 6.42 Å². The maximum atomic E-state index is 2.27. The van der Waals surface area contributed by atoms with E-state index in [2.05, 4.69) is 48.6 Å². The van der Waals surface area contributed by atoms with Gasteiger partial charge in [0.15, 0.2) is 0 Å². The molecule has 0 radical (unpaired) electrons. The van der Waals surface area contributed by atoms with Gasteiger partial charge in [-0.3, -0.25) is 0 Å². The molecule has 0 heterocycles. The van der Waals surface area contributed by atoms with Crippen molar-refractivity contribution in [3.63, 3.8) is 0 Å². The van der Waals surface area contributed by atoms with Gasteiger partial charge in [0.2, 0.25) is 0 Å². The highest BCUT2D eigenvalue weighted by Crippen LogP contribution is 2.05. The van der Waals surface area contributed by atoms with Gasteiger partial charge in [0.1, 0.15) is 0 Å². The first kappa shape index (κ1) is 11.0. The molecular weight excluding hydrogens is 168 g/mol. The lowest BCUT2D eigenvalue weighted by molar-refractivity contribution is 0.696. The molecule has 0 aliphatic heterocycles. The van der Waals surface area contributed by atoms with Crippen molar-refractivity contribution in [2.24, 2.45) is 0 Å². The zero-order valence-corrected chi connectivity index (χ0v) is 8.86. The van der Waals surface area contributed by atoms with Crippen LogP contribution in [0.3, 0.4) is 0 Å². The Morgan fingerprint density at radius 2 is 1.00 bits per heavy atom. The van der Waals surface area contributed by atoms with E-state index in [-0.39, 0.29) is 0 Å². The molecule has 0 atom stereocenters. The highest BCUT2D eigenvalue weighted by atomic mass is 13.9. The van der Waals surface area contributed by atoms with Crippen LogP contribution in [0.25, 0.3) is 0 Å². The van der Waals surface area contributed by atoms with Gasteiger partial charge in [0.05, 0.1) is 0 Å². The molecule has 0 bridgehead atoms. The van der Waals surface area contributed by atoms with Crippen LogP contribution in [0.4, 0.5) is 0 Å². The van der Waals surface area contributed by atoms with Crippen molar-refractivity contribution in [3.05, 3.63) is 48.6 Å². The summed E-state index contributed by atoms with van der Waals surface area (Å²) in [4.78, 5) is 0. The smallest absolute Gasteiger partial charge is 0.0163 e. The Balaban J connectivity index is 2.35. The summed E-state index contributed by atoms with van der Waals surface area (Å²) in [7, 11) is 0. The minimum absolute atomic E-state index is 1.04. The van der Waals surface area contributed by atoms with Crippen LogP contribution >= 0.6 is 0 Å². The highest BCUT2D eigenvalue weighted by molar-refractivity contribution is 5.08. The van der Waals surface area contributed by atoms with Gasteiger partial charge in [-0.05, 0) is 32.1 Å². The monoisotopic (exact) mass is 188 g/mol. The van der Waals surface area contributed by atoms with Gasteiger partial charge in [0.25, 0.3) is 0 Å². The number of hydrogen-bond donors (Lipinski definition) is 0. The van der Waals surface area contributed by atoms with Crippen molar-refractivity contribution in [3.8, 4) is 0 Å². The van der Waals surface area contributed by atoms with Crippen molar-refractivity contribution in [2.45, 2.75) is 38.5 Å². The van der Waals surface area contributed by atoms with Gasteiger partial charge in [-0.1, -0.05) is 55.0 Å². The van der Waals surface area contributed by atoms with E-state index in [1.165, 1.54) is 32.1 Å². The summed E-state index contributed by atoms with van der Waals surface area (Å²) in [5, 5.41) is 0. The summed E-state index contributed by atoms with van der Waals surface area (Å²) >= 11 is 0. The Morgan fingerprint density at radius 3 is 1.57 bits per heavy atom. The second-order valence-electron chi connectivity index (χ2n) is 3.59. The second-order valence-corrected chi connectivity index (χ2v) is 3.59. The molecule has 0 aromatic rings. The predicted molar refractivity (Wildman–Crippen MR) is 64.3 cm³/mol. The van der Waals surface area contributed by atoms with Crippen molar-refractivity contribution in [2.75, 3.05) is 0 Å². The number of allylic oxidation sites excluding steroid dienone is 8. The zero-order chi connectivity index (χ0) is 9.90. The van der Waals surface area contributed by atoms with E-state index in [4.69, 9.17) is 0 Å². The molecule has 0 saturated heterocycles. The topological polar surface area (TPSA) is 0 Å². The summed E-state index contributed by atoms with van der Waals surface area (Å²) in [6.07, 6.45) is 25.0. The molecule has 0 fully saturated rings. The first-order chi connectivity index (χ1) is 7.00. The molecule has 0 aromatic carbocycles. The van der Waals surface area contributed by atoms with Crippen LogP contribution in [0.1, 0.15) is 38.5 Å². The lowest BCUT2D eigenvalue weighted by atomic mass is 10.1. The van der Waals surface area contributed by atoms with Crippen LogP contribution in [0.5, 0.6) is 0 Å². The summed E-state index contributed by atoms with van der Waals surface area (Å²) in [6.45, 7) is 0. The Labute approximate surface area is 87.7 Å². The summed E-state index contributed by atoms with van der Waals surface area (Å²) < 4.78 is 0. The molecule has 76 valence electrons. The van der Waals surface area contributed by atoms with Crippen LogP contribution in [0.15, 0.2) is 48.6 Å². The highest BCUT2D eigenvalue weighted by Gasteiger charge is 1.85. The Hall–Kier alpha value is -1.04. The lowest BCUT2D eigenvalue weighted by Crippen LogP contribution is -1.74. The van der Waals surface area contributed by atoms with Gasteiger partial charge in [-0.2, -0.15) is 0 Å². The number of hydrogen-bond acceptors (Lipinski definition) is 0. The normalized spacial score (nSPS) is 19.4. The SMILES string of the molecule is C1=CCC=CC=CCCCCCC=C1. The molecule has 1 rings (SSSR count). The molecule has 0 N–H and O–H groups in total. The van der Waals surface area contributed by atoms with Crippen molar-refractivity contribution < 1.29 is 0 Å². The van der Waals surface area contributed by atoms with E-state index in [1.807, 2.05) is 0 Å². The van der Waals surface area contributed by atoms with Crippen LogP contribution in [0, 0.1) is 0 Å². The van der Waals surface area contributed by atoms with Crippen LogP contribution < -0.4 is 0 Å². The zero-order valence-electron chi connectivity index (χ0n) is 8.86. The molecule has 14 heavy (non-hydrogen) atoms. The molecule has 0 unspecified atom stereocenters. The molecular formula is C14H20. The van der Waals surface area contributed by atoms with Gasteiger partial charge in [-0.15, -0.1) is 0 Å². The van der Waals surface area contributed by atoms with Crippen molar-refractivity contribution >= 4 is 0 Å². The molecule has 0 spiro atoms. The molecule has 0 heteroatoms. The molecule has 1 aliphatic rings. The molecule has 0 aromatic heterocycles. The van der Waals surface area contributed by atoms with E-state index < -0.39 is 0 Å². The Kier molecular flexibility index (Phi) is 6.74. The average molecular weight is 188 g/mol. The standard InChI is InChI=1S/C14H20/c1-2-4-6-8-10-12-14-13-11-9-7-5-3-1/h1-4,7,9,11,13H,5-6,8,10,12,14H2. The third-order valence-corrected chi connectivity index (χ3v) is 2.28. The van der Waals surface area contributed by atoms with Crippen molar-refractivity contribution in [1.82, 2.24) is 0 Å².